The standard InChI is InChI=1S/C23H20N2O5/c1-27-16-8-10-17(11-9-16)29-14-22(26)24-19-13-15(7-12-20(19)28-2)23-25-18-5-3-4-6-21(18)30-23/h3-13H,14H2,1-2H3,(H,24,26). The number of aromatic nitrogens is 1. The van der Waals surface area contributed by atoms with Gasteiger partial charge in [0.25, 0.3) is 5.91 Å². The Morgan fingerprint density at radius 1 is 0.967 bits per heavy atom. The number of rotatable bonds is 7. The third-order valence-corrected chi connectivity index (χ3v) is 4.44. The lowest BCUT2D eigenvalue weighted by molar-refractivity contribution is -0.118. The van der Waals surface area contributed by atoms with Gasteiger partial charge in [0, 0.05) is 5.56 Å². The van der Waals surface area contributed by atoms with Crippen molar-refractivity contribution in [1.82, 2.24) is 4.98 Å². The number of hydrogen-bond acceptors (Lipinski definition) is 6. The SMILES string of the molecule is COc1ccc(OCC(=O)Nc2cc(-c3nc4ccccc4o3)ccc2OC)cc1. The highest BCUT2D eigenvalue weighted by Gasteiger charge is 2.13. The zero-order valence-electron chi connectivity index (χ0n) is 16.5. The van der Waals surface area contributed by atoms with Gasteiger partial charge >= 0.3 is 0 Å². The molecule has 0 radical (unpaired) electrons. The number of para-hydroxylation sites is 2. The van der Waals surface area contributed by atoms with Crippen LogP contribution in [0.4, 0.5) is 5.69 Å². The Balaban J connectivity index is 1.49. The molecule has 0 bridgehead atoms. The average molecular weight is 404 g/mol. The number of nitrogens with zero attached hydrogens (tertiary/aromatic N) is 1. The van der Waals surface area contributed by atoms with Crippen LogP contribution in [0.5, 0.6) is 17.2 Å². The van der Waals surface area contributed by atoms with E-state index in [4.69, 9.17) is 18.6 Å². The van der Waals surface area contributed by atoms with Crippen LogP contribution in [-0.4, -0.2) is 31.7 Å². The Morgan fingerprint density at radius 3 is 2.47 bits per heavy atom. The number of nitrogens with one attached hydrogen (secondary N) is 1. The first-order valence-electron chi connectivity index (χ1n) is 9.27. The highest BCUT2D eigenvalue weighted by atomic mass is 16.5. The molecule has 4 aromatic rings. The molecule has 7 nitrogen and oxygen atoms in total. The number of carbonyl (C=O) groups is 1. The molecule has 0 saturated heterocycles. The van der Waals surface area contributed by atoms with Crippen LogP contribution in [0.1, 0.15) is 0 Å². The molecular weight excluding hydrogens is 384 g/mol. The fraction of sp³-hybridized carbons (Fsp3) is 0.130. The summed E-state index contributed by atoms with van der Waals surface area (Å²) < 4.78 is 21.8. The normalized spacial score (nSPS) is 10.6. The first kappa shape index (κ1) is 19.3. The maximum atomic E-state index is 12.4. The molecule has 0 saturated carbocycles. The van der Waals surface area contributed by atoms with Crippen molar-refractivity contribution >= 4 is 22.7 Å². The molecule has 0 aliphatic carbocycles. The van der Waals surface area contributed by atoms with E-state index in [-0.39, 0.29) is 12.5 Å². The fourth-order valence-electron chi connectivity index (χ4n) is 2.94. The molecule has 7 heteroatoms. The molecule has 1 amide bonds. The average Bonchev–Trinajstić information content (AvgIpc) is 3.22. The van der Waals surface area contributed by atoms with Crippen LogP contribution in [0.25, 0.3) is 22.6 Å². The van der Waals surface area contributed by atoms with Crippen molar-refractivity contribution < 1.29 is 23.4 Å². The Morgan fingerprint density at radius 2 is 1.73 bits per heavy atom. The molecule has 0 aliphatic rings. The summed E-state index contributed by atoms with van der Waals surface area (Å²) in [4.78, 5) is 16.9. The van der Waals surface area contributed by atoms with Gasteiger partial charge in [-0.2, -0.15) is 0 Å². The molecule has 0 aliphatic heterocycles. The lowest BCUT2D eigenvalue weighted by Crippen LogP contribution is -2.20. The van der Waals surface area contributed by atoms with Gasteiger partial charge in [-0.15, -0.1) is 0 Å². The maximum absolute atomic E-state index is 12.4. The van der Waals surface area contributed by atoms with Crippen molar-refractivity contribution in [2.75, 3.05) is 26.1 Å². The summed E-state index contributed by atoms with van der Waals surface area (Å²) in [6.07, 6.45) is 0. The van der Waals surface area contributed by atoms with Gasteiger partial charge < -0.3 is 23.9 Å². The van der Waals surface area contributed by atoms with Crippen LogP contribution < -0.4 is 19.5 Å². The molecule has 0 atom stereocenters. The molecule has 0 unspecified atom stereocenters. The number of oxazole rings is 1. The maximum Gasteiger partial charge on any atom is 0.262 e. The molecule has 0 fully saturated rings. The largest absolute Gasteiger partial charge is 0.497 e. The lowest BCUT2D eigenvalue weighted by atomic mass is 10.2. The predicted molar refractivity (Wildman–Crippen MR) is 113 cm³/mol. The first-order valence-corrected chi connectivity index (χ1v) is 9.27. The molecule has 1 aromatic heterocycles. The summed E-state index contributed by atoms with van der Waals surface area (Å²) >= 11 is 0. The molecule has 1 heterocycles. The van der Waals surface area contributed by atoms with Crippen LogP contribution in [-0.2, 0) is 4.79 Å². The lowest BCUT2D eigenvalue weighted by Gasteiger charge is -2.12. The van der Waals surface area contributed by atoms with Gasteiger partial charge in [-0.1, -0.05) is 12.1 Å². The number of methoxy groups -OCH3 is 2. The molecule has 4 rings (SSSR count). The molecule has 152 valence electrons. The van der Waals surface area contributed by atoms with Gasteiger partial charge in [0.15, 0.2) is 12.2 Å². The predicted octanol–water partition coefficient (Wildman–Crippen LogP) is 4.53. The minimum atomic E-state index is -0.321. The van der Waals surface area contributed by atoms with Crippen LogP contribution in [0, 0.1) is 0 Å². The van der Waals surface area contributed by atoms with Gasteiger partial charge in [-0.05, 0) is 54.6 Å². The van der Waals surface area contributed by atoms with E-state index >= 15 is 0 Å². The van der Waals surface area contributed by atoms with E-state index in [2.05, 4.69) is 10.3 Å². The second-order valence-corrected chi connectivity index (χ2v) is 6.41. The van der Waals surface area contributed by atoms with E-state index in [1.54, 1.807) is 43.5 Å². The summed E-state index contributed by atoms with van der Waals surface area (Å²) in [6, 6.07) is 19.9. The summed E-state index contributed by atoms with van der Waals surface area (Å²) in [5, 5.41) is 2.82. The number of anilines is 1. The van der Waals surface area contributed by atoms with Crippen LogP contribution in [0.15, 0.2) is 71.1 Å². The second kappa shape index (κ2) is 8.57. The third kappa shape index (κ3) is 4.20. The second-order valence-electron chi connectivity index (χ2n) is 6.41. The van der Waals surface area contributed by atoms with E-state index in [9.17, 15) is 4.79 Å². The Hall–Kier alpha value is -4.00. The fourth-order valence-corrected chi connectivity index (χ4v) is 2.94. The van der Waals surface area contributed by atoms with Crippen molar-refractivity contribution in [2.24, 2.45) is 0 Å². The van der Waals surface area contributed by atoms with Gasteiger partial charge in [-0.3, -0.25) is 4.79 Å². The number of ether oxygens (including phenoxy) is 3. The number of hydrogen-bond donors (Lipinski definition) is 1. The van der Waals surface area contributed by atoms with Crippen LogP contribution >= 0.6 is 0 Å². The zero-order chi connectivity index (χ0) is 20.9. The van der Waals surface area contributed by atoms with Crippen molar-refractivity contribution in [1.29, 1.82) is 0 Å². The van der Waals surface area contributed by atoms with Crippen molar-refractivity contribution in [3.8, 4) is 28.7 Å². The topological polar surface area (TPSA) is 82.8 Å². The highest BCUT2D eigenvalue weighted by molar-refractivity contribution is 5.94. The summed E-state index contributed by atoms with van der Waals surface area (Å²) in [5.41, 5.74) is 2.68. The van der Waals surface area contributed by atoms with Crippen molar-refractivity contribution in [3.63, 3.8) is 0 Å². The molecule has 3 aromatic carbocycles. The van der Waals surface area contributed by atoms with Crippen LogP contribution in [0.3, 0.4) is 0 Å². The van der Waals surface area contributed by atoms with E-state index < -0.39 is 0 Å². The number of amides is 1. The van der Waals surface area contributed by atoms with Gasteiger partial charge in [0.2, 0.25) is 5.89 Å². The van der Waals surface area contributed by atoms with Gasteiger partial charge in [0.1, 0.15) is 22.8 Å². The summed E-state index contributed by atoms with van der Waals surface area (Å²) in [6.45, 7) is -0.150. The van der Waals surface area contributed by atoms with E-state index in [0.717, 1.165) is 11.1 Å². The Labute approximate surface area is 173 Å². The smallest absolute Gasteiger partial charge is 0.262 e. The van der Waals surface area contributed by atoms with E-state index in [1.165, 1.54) is 7.11 Å². The minimum Gasteiger partial charge on any atom is -0.497 e. The first-order chi connectivity index (χ1) is 14.7. The quantitative estimate of drug-likeness (QED) is 0.487. The third-order valence-electron chi connectivity index (χ3n) is 4.44. The van der Waals surface area contributed by atoms with Gasteiger partial charge in [0.05, 0.1) is 19.9 Å². The zero-order valence-corrected chi connectivity index (χ0v) is 16.5. The van der Waals surface area contributed by atoms with Crippen molar-refractivity contribution in [2.45, 2.75) is 0 Å². The molecular formula is C23H20N2O5. The number of benzene rings is 3. The summed E-state index contributed by atoms with van der Waals surface area (Å²) in [7, 11) is 3.13. The van der Waals surface area contributed by atoms with E-state index in [0.29, 0.717) is 34.4 Å². The number of fused-ring (bicyclic) bond motifs is 1. The molecule has 0 spiro atoms. The Kier molecular flexibility index (Phi) is 5.52. The molecule has 1 N–H and O–H groups in total. The van der Waals surface area contributed by atoms with Crippen molar-refractivity contribution in [3.05, 3.63) is 66.7 Å². The minimum absolute atomic E-state index is 0.150. The van der Waals surface area contributed by atoms with Crippen LogP contribution in [0.2, 0.25) is 0 Å². The highest BCUT2D eigenvalue weighted by Crippen LogP contribution is 2.32. The van der Waals surface area contributed by atoms with Gasteiger partial charge in [-0.25, -0.2) is 4.98 Å². The monoisotopic (exact) mass is 404 g/mol. The van der Waals surface area contributed by atoms with E-state index in [1.807, 2.05) is 30.3 Å². The molecule has 30 heavy (non-hydrogen) atoms. The summed E-state index contributed by atoms with van der Waals surface area (Å²) in [5.74, 6) is 1.95. The number of carbonyl (C=O) groups excluding carboxylic acids is 1. The Bertz CT molecular complexity index is 1130.